The normalized spacial score (nSPS) is 21.5. The van der Waals surface area contributed by atoms with E-state index in [4.69, 9.17) is 0 Å². The van der Waals surface area contributed by atoms with Gasteiger partial charge < -0.3 is 10.0 Å². The van der Waals surface area contributed by atoms with Gasteiger partial charge >= 0.3 is 0 Å². The fourth-order valence-electron chi connectivity index (χ4n) is 3.35. The highest BCUT2D eigenvalue weighted by molar-refractivity contribution is 5.78. The Balaban J connectivity index is 1.40. The van der Waals surface area contributed by atoms with E-state index in [0.29, 0.717) is 19.6 Å². The van der Waals surface area contributed by atoms with Crippen LogP contribution in [0.25, 0.3) is 0 Å². The maximum Gasteiger partial charge on any atom is 0.236 e. The van der Waals surface area contributed by atoms with Gasteiger partial charge in [-0.1, -0.05) is 30.3 Å². The zero-order valence-corrected chi connectivity index (χ0v) is 13.7. The average molecular weight is 317 g/mol. The Labute approximate surface area is 138 Å². The summed E-state index contributed by atoms with van der Waals surface area (Å²) in [5.74, 6) is 0.216. The smallest absolute Gasteiger partial charge is 0.236 e. The van der Waals surface area contributed by atoms with Crippen molar-refractivity contribution in [3.05, 3.63) is 35.9 Å². The van der Waals surface area contributed by atoms with Crippen LogP contribution in [-0.2, 0) is 11.3 Å². The molecule has 1 aromatic carbocycles. The topological polar surface area (TPSA) is 47.0 Å². The van der Waals surface area contributed by atoms with E-state index in [2.05, 4.69) is 34.1 Å². The number of amides is 1. The Morgan fingerprint density at radius 3 is 2.22 bits per heavy atom. The standard InChI is InChI=1S/C18H27N3O2/c22-17-6-8-21(9-7-17)18(23)15-20-12-10-19(11-13-20)14-16-4-2-1-3-5-16/h1-5,17,22H,6-15H2. The van der Waals surface area contributed by atoms with Crippen molar-refractivity contribution in [2.75, 3.05) is 45.8 Å². The lowest BCUT2D eigenvalue weighted by molar-refractivity contribution is -0.134. The van der Waals surface area contributed by atoms with Crippen molar-refractivity contribution in [1.82, 2.24) is 14.7 Å². The van der Waals surface area contributed by atoms with Crippen molar-refractivity contribution in [1.29, 1.82) is 0 Å². The molecule has 0 aromatic heterocycles. The van der Waals surface area contributed by atoms with Gasteiger partial charge in [-0.15, -0.1) is 0 Å². The van der Waals surface area contributed by atoms with Gasteiger partial charge in [-0.2, -0.15) is 0 Å². The molecule has 1 amide bonds. The molecule has 0 bridgehead atoms. The predicted octanol–water partition coefficient (Wildman–Crippen LogP) is 0.787. The first-order chi connectivity index (χ1) is 11.2. The molecule has 2 fully saturated rings. The van der Waals surface area contributed by atoms with E-state index >= 15 is 0 Å². The van der Waals surface area contributed by atoms with Crippen LogP contribution >= 0.6 is 0 Å². The number of carbonyl (C=O) groups excluding carboxylic acids is 1. The molecule has 2 aliphatic rings. The molecule has 3 rings (SSSR count). The number of aliphatic hydroxyl groups excluding tert-OH is 1. The molecule has 0 unspecified atom stereocenters. The van der Waals surface area contributed by atoms with Crippen LogP contribution in [0.15, 0.2) is 30.3 Å². The van der Waals surface area contributed by atoms with Gasteiger partial charge in [-0.25, -0.2) is 0 Å². The molecule has 1 N–H and O–H groups in total. The average Bonchev–Trinajstić information content (AvgIpc) is 2.58. The molecular weight excluding hydrogens is 290 g/mol. The monoisotopic (exact) mass is 317 g/mol. The highest BCUT2D eigenvalue weighted by Crippen LogP contribution is 2.12. The quantitative estimate of drug-likeness (QED) is 0.892. The summed E-state index contributed by atoms with van der Waals surface area (Å²) < 4.78 is 0. The fourth-order valence-corrected chi connectivity index (χ4v) is 3.35. The molecule has 0 radical (unpaired) electrons. The van der Waals surface area contributed by atoms with E-state index in [1.54, 1.807) is 0 Å². The summed E-state index contributed by atoms with van der Waals surface area (Å²) in [5, 5.41) is 9.53. The molecule has 0 aliphatic carbocycles. The zero-order chi connectivity index (χ0) is 16.1. The molecule has 2 heterocycles. The van der Waals surface area contributed by atoms with Crippen LogP contribution in [0, 0.1) is 0 Å². The number of carbonyl (C=O) groups is 1. The second kappa shape index (κ2) is 7.90. The van der Waals surface area contributed by atoms with Gasteiger partial charge in [-0.3, -0.25) is 14.6 Å². The molecule has 0 spiro atoms. The molecule has 126 valence electrons. The summed E-state index contributed by atoms with van der Waals surface area (Å²) in [5.41, 5.74) is 1.35. The second-order valence-corrected chi connectivity index (χ2v) is 6.65. The lowest BCUT2D eigenvalue weighted by Gasteiger charge is -2.36. The Morgan fingerprint density at radius 2 is 1.57 bits per heavy atom. The van der Waals surface area contributed by atoms with Crippen molar-refractivity contribution in [3.8, 4) is 0 Å². The van der Waals surface area contributed by atoms with E-state index in [1.165, 1.54) is 5.56 Å². The van der Waals surface area contributed by atoms with Gasteiger partial charge in [0, 0.05) is 45.8 Å². The van der Waals surface area contributed by atoms with E-state index < -0.39 is 0 Å². The lowest BCUT2D eigenvalue weighted by atomic mass is 10.1. The lowest BCUT2D eigenvalue weighted by Crippen LogP contribution is -2.51. The molecule has 1 aromatic rings. The fraction of sp³-hybridized carbons (Fsp3) is 0.611. The first-order valence-electron chi connectivity index (χ1n) is 8.65. The maximum absolute atomic E-state index is 12.3. The molecule has 5 nitrogen and oxygen atoms in total. The largest absolute Gasteiger partial charge is 0.393 e. The molecular formula is C18H27N3O2. The minimum absolute atomic E-state index is 0.216. The van der Waals surface area contributed by atoms with Crippen LogP contribution < -0.4 is 0 Å². The Hall–Kier alpha value is -1.43. The molecule has 5 heteroatoms. The minimum atomic E-state index is -0.222. The van der Waals surface area contributed by atoms with Crippen molar-refractivity contribution in [2.24, 2.45) is 0 Å². The van der Waals surface area contributed by atoms with Crippen molar-refractivity contribution in [3.63, 3.8) is 0 Å². The highest BCUT2D eigenvalue weighted by atomic mass is 16.3. The number of hydrogen-bond acceptors (Lipinski definition) is 4. The number of piperidine rings is 1. The summed E-state index contributed by atoms with van der Waals surface area (Å²) in [6.45, 7) is 6.86. The third kappa shape index (κ3) is 4.77. The molecule has 0 atom stereocenters. The van der Waals surface area contributed by atoms with Crippen LogP contribution in [0.4, 0.5) is 0 Å². The zero-order valence-electron chi connectivity index (χ0n) is 13.7. The Bertz CT molecular complexity index is 492. The second-order valence-electron chi connectivity index (χ2n) is 6.65. The number of nitrogens with zero attached hydrogens (tertiary/aromatic N) is 3. The Morgan fingerprint density at radius 1 is 0.957 bits per heavy atom. The van der Waals surface area contributed by atoms with Crippen molar-refractivity contribution in [2.45, 2.75) is 25.5 Å². The van der Waals surface area contributed by atoms with Crippen LogP contribution in [0.2, 0.25) is 0 Å². The highest BCUT2D eigenvalue weighted by Gasteiger charge is 2.24. The van der Waals surface area contributed by atoms with E-state index in [-0.39, 0.29) is 12.0 Å². The van der Waals surface area contributed by atoms with E-state index in [1.807, 2.05) is 11.0 Å². The van der Waals surface area contributed by atoms with Gasteiger partial charge in [0.25, 0.3) is 0 Å². The van der Waals surface area contributed by atoms with Gasteiger partial charge in [0.05, 0.1) is 12.6 Å². The van der Waals surface area contributed by atoms with Crippen molar-refractivity contribution >= 4 is 5.91 Å². The number of likely N-dealkylation sites (tertiary alicyclic amines) is 1. The van der Waals surface area contributed by atoms with Crippen LogP contribution in [0.3, 0.4) is 0 Å². The summed E-state index contributed by atoms with van der Waals surface area (Å²) in [7, 11) is 0. The summed E-state index contributed by atoms with van der Waals surface area (Å²) in [6, 6.07) is 10.5. The van der Waals surface area contributed by atoms with Gasteiger partial charge in [0.15, 0.2) is 0 Å². The molecule has 23 heavy (non-hydrogen) atoms. The third-order valence-electron chi connectivity index (χ3n) is 4.89. The van der Waals surface area contributed by atoms with Crippen LogP contribution in [0.5, 0.6) is 0 Å². The SMILES string of the molecule is O=C(CN1CCN(Cc2ccccc2)CC1)N1CCC(O)CC1. The van der Waals surface area contributed by atoms with Gasteiger partial charge in [0.2, 0.25) is 5.91 Å². The summed E-state index contributed by atoms with van der Waals surface area (Å²) in [4.78, 5) is 19.0. The number of benzene rings is 1. The molecule has 0 saturated carbocycles. The third-order valence-corrected chi connectivity index (χ3v) is 4.89. The number of aliphatic hydroxyl groups is 1. The van der Waals surface area contributed by atoms with Gasteiger partial charge in [-0.05, 0) is 18.4 Å². The number of piperazine rings is 1. The molecule has 2 aliphatic heterocycles. The maximum atomic E-state index is 12.3. The van der Waals surface area contributed by atoms with E-state index in [0.717, 1.165) is 45.6 Å². The van der Waals surface area contributed by atoms with Gasteiger partial charge in [0.1, 0.15) is 0 Å². The summed E-state index contributed by atoms with van der Waals surface area (Å²) in [6.07, 6.45) is 1.22. The number of hydrogen-bond donors (Lipinski definition) is 1. The first kappa shape index (κ1) is 16.4. The minimum Gasteiger partial charge on any atom is -0.393 e. The predicted molar refractivity (Wildman–Crippen MR) is 90.0 cm³/mol. The van der Waals surface area contributed by atoms with Crippen molar-refractivity contribution < 1.29 is 9.90 Å². The van der Waals surface area contributed by atoms with E-state index in [9.17, 15) is 9.90 Å². The molecule has 2 saturated heterocycles. The Kier molecular flexibility index (Phi) is 5.65. The summed E-state index contributed by atoms with van der Waals surface area (Å²) >= 11 is 0. The van der Waals surface area contributed by atoms with Crippen LogP contribution in [-0.4, -0.2) is 77.6 Å². The first-order valence-corrected chi connectivity index (χ1v) is 8.65. The van der Waals surface area contributed by atoms with Crippen LogP contribution in [0.1, 0.15) is 18.4 Å². The number of rotatable bonds is 4.